The molecule has 0 saturated carbocycles. The van der Waals surface area contributed by atoms with Crippen molar-refractivity contribution >= 4 is 11.8 Å². The summed E-state index contributed by atoms with van der Waals surface area (Å²) in [6, 6.07) is 0. The van der Waals surface area contributed by atoms with Gasteiger partial charge in [0.15, 0.2) is 0 Å². The molecule has 0 spiro atoms. The molecule has 0 amide bonds. The minimum Gasteiger partial charge on any atom is -0.106 e. The van der Waals surface area contributed by atoms with Crippen LogP contribution in [0.25, 0.3) is 0 Å². The molecule has 0 bridgehead atoms. The van der Waals surface area contributed by atoms with Crippen LogP contribution in [0, 0.1) is 0 Å². The van der Waals surface area contributed by atoms with Crippen molar-refractivity contribution in [2.24, 2.45) is 0 Å². The zero-order valence-corrected chi connectivity index (χ0v) is 6.97. The molecule has 0 rings (SSSR count). The Morgan fingerprint density at radius 3 is 2.40 bits per heavy atom. The van der Waals surface area contributed by atoms with Crippen LogP contribution < -0.4 is 0 Å². The Balaban J connectivity index is 3.34. The van der Waals surface area contributed by atoms with Gasteiger partial charge in [-0.2, -0.15) is 0 Å². The summed E-state index contributed by atoms with van der Waals surface area (Å²) in [5.74, 6) is 0. The normalized spacial score (nSPS) is 12.1. The van der Waals surface area contributed by atoms with E-state index in [9.17, 15) is 0 Å². The van der Waals surface area contributed by atoms with Gasteiger partial charge in [0, 0.05) is 0 Å². The molecular formula is C9H12S. The summed E-state index contributed by atoms with van der Waals surface area (Å²) in [5, 5.41) is 3.99. The molecule has 0 radical (unpaired) electrons. The summed E-state index contributed by atoms with van der Waals surface area (Å²) >= 11 is 1.63. The molecule has 0 aliphatic rings. The lowest BCUT2D eigenvalue weighted by molar-refractivity contribution is 1.74. The Labute approximate surface area is 67.0 Å². The maximum absolute atomic E-state index is 3.56. The molecule has 0 nitrogen and oxygen atoms in total. The fourth-order valence-electron chi connectivity index (χ4n) is 0.348. The molecule has 0 aliphatic carbocycles. The summed E-state index contributed by atoms with van der Waals surface area (Å²) in [7, 11) is 0. The molecule has 0 aliphatic heterocycles. The van der Waals surface area contributed by atoms with Gasteiger partial charge in [-0.15, -0.1) is 11.8 Å². The smallest absolute Gasteiger partial charge is 0.0248 e. The van der Waals surface area contributed by atoms with Crippen LogP contribution >= 0.6 is 11.8 Å². The minimum atomic E-state index is 1.63. The van der Waals surface area contributed by atoms with Crippen molar-refractivity contribution in [1.82, 2.24) is 0 Å². The van der Waals surface area contributed by atoms with Crippen LogP contribution in [0.1, 0.15) is 6.92 Å². The highest BCUT2D eigenvalue weighted by atomic mass is 32.2. The molecule has 0 atom stereocenters. The Kier molecular flexibility index (Phi) is 7.74. The first-order valence-electron chi connectivity index (χ1n) is 3.12. The van der Waals surface area contributed by atoms with Crippen molar-refractivity contribution in [1.29, 1.82) is 0 Å². The molecule has 1 heteroatoms. The molecule has 0 heterocycles. The van der Waals surface area contributed by atoms with Crippen LogP contribution in [0.4, 0.5) is 0 Å². The second kappa shape index (κ2) is 8.31. The third-order valence-corrected chi connectivity index (χ3v) is 1.38. The van der Waals surface area contributed by atoms with Gasteiger partial charge in [0.1, 0.15) is 0 Å². The maximum atomic E-state index is 3.56. The van der Waals surface area contributed by atoms with Gasteiger partial charge in [-0.05, 0) is 17.7 Å². The summed E-state index contributed by atoms with van der Waals surface area (Å²) in [5.41, 5.74) is 0. The van der Waals surface area contributed by atoms with Crippen molar-refractivity contribution in [3.63, 3.8) is 0 Å². The Hall–Kier alpha value is -0.690. The number of thioether (sulfide) groups is 1. The highest BCUT2D eigenvalue weighted by Crippen LogP contribution is 2.03. The predicted octanol–water partition coefficient (Wildman–Crippen LogP) is 3.51. The van der Waals surface area contributed by atoms with Gasteiger partial charge >= 0.3 is 0 Å². The Morgan fingerprint density at radius 1 is 1.10 bits per heavy atom. The second-order valence-electron chi connectivity index (χ2n) is 1.55. The van der Waals surface area contributed by atoms with E-state index in [2.05, 4.69) is 6.58 Å². The predicted molar refractivity (Wildman–Crippen MR) is 50.9 cm³/mol. The first-order valence-corrected chi connectivity index (χ1v) is 4.07. The Bertz CT molecular complexity index is 152. The molecule has 0 aromatic carbocycles. The maximum Gasteiger partial charge on any atom is -0.0248 e. The van der Waals surface area contributed by atoms with Crippen molar-refractivity contribution in [3.05, 3.63) is 47.8 Å². The van der Waals surface area contributed by atoms with Gasteiger partial charge in [0.05, 0.1) is 0 Å². The van der Waals surface area contributed by atoms with Crippen LogP contribution in [-0.2, 0) is 0 Å². The van der Waals surface area contributed by atoms with Crippen molar-refractivity contribution < 1.29 is 0 Å². The average Bonchev–Trinajstić information content (AvgIpc) is 1.97. The van der Waals surface area contributed by atoms with Gasteiger partial charge in [0.25, 0.3) is 0 Å². The van der Waals surface area contributed by atoms with E-state index < -0.39 is 0 Å². The zero-order chi connectivity index (χ0) is 7.66. The van der Waals surface area contributed by atoms with Crippen LogP contribution in [0.3, 0.4) is 0 Å². The number of hydrogen-bond donors (Lipinski definition) is 0. The number of hydrogen-bond acceptors (Lipinski definition) is 1. The number of allylic oxidation sites excluding steroid dienone is 5. The lowest BCUT2D eigenvalue weighted by Crippen LogP contribution is -1.45. The highest BCUT2D eigenvalue weighted by Gasteiger charge is 1.65. The lowest BCUT2D eigenvalue weighted by Gasteiger charge is -1.76. The van der Waals surface area contributed by atoms with Crippen molar-refractivity contribution in [2.75, 3.05) is 0 Å². The molecule has 0 saturated heterocycles. The molecule has 10 heavy (non-hydrogen) atoms. The van der Waals surface area contributed by atoms with Crippen molar-refractivity contribution in [3.8, 4) is 0 Å². The quantitative estimate of drug-likeness (QED) is 0.555. The van der Waals surface area contributed by atoms with Gasteiger partial charge in [-0.25, -0.2) is 0 Å². The van der Waals surface area contributed by atoms with Gasteiger partial charge in [0.2, 0.25) is 0 Å². The molecular weight excluding hydrogens is 140 g/mol. The fraction of sp³-hybridized carbons (Fsp3) is 0.111. The third kappa shape index (κ3) is 7.31. The SMILES string of the molecule is C=C/C=C/S/C=C\C=C\C. The van der Waals surface area contributed by atoms with Crippen LogP contribution in [0.2, 0.25) is 0 Å². The molecule has 0 N–H and O–H groups in total. The first kappa shape index (κ1) is 9.31. The highest BCUT2D eigenvalue weighted by molar-refractivity contribution is 8.04. The van der Waals surface area contributed by atoms with E-state index in [-0.39, 0.29) is 0 Å². The number of rotatable bonds is 4. The van der Waals surface area contributed by atoms with Gasteiger partial charge in [-0.3, -0.25) is 0 Å². The van der Waals surface area contributed by atoms with Crippen LogP contribution in [0.15, 0.2) is 47.8 Å². The molecule has 54 valence electrons. The average molecular weight is 152 g/mol. The second-order valence-corrected chi connectivity index (χ2v) is 2.37. The standard InChI is InChI=1S/C9H12S/c1-3-5-7-9-10-8-6-4-2/h3-9H,2H2,1H3/b5-3+,8-6+,9-7-. The van der Waals surface area contributed by atoms with E-state index in [0.29, 0.717) is 0 Å². The first-order chi connectivity index (χ1) is 4.91. The largest absolute Gasteiger partial charge is 0.106 e. The summed E-state index contributed by atoms with van der Waals surface area (Å²) in [6.07, 6.45) is 9.66. The topological polar surface area (TPSA) is 0 Å². The van der Waals surface area contributed by atoms with Crippen molar-refractivity contribution in [2.45, 2.75) is 6.92 Å². The summed E-state index contributed by atoms with van der Waals surface area (Å²) in [4.78, 5) is 0. The van der Waals surface area contributed by atoms with Gasteiger partial charge in [-0.1, -0.05) is 37.0 Å². The van der Waals surface area contributed by atoms with Crippen LogP contribution in [0.5, 0.6) is 0 Å². The fourth-order valence-corrected chi connectivity index (χ4v) is 0.822. The summed E-state index contributed by atoms with van der Waals surface area (Å²) < 4.78 is 0. The van der Waals surface area contributed by atoms with E-state index in [1.165, 1.54) is 0 Å². The zero-order valence-electron chi connectivity index (χ0n) is 6.16. The molecule has 0 aromatic heterocycles. The van der Waals surface area contributed by atoms with Crippen LogP contribution in [-0.4, -0.2) is 0 Å². The molecule has 0 aromatic rings. The monoisotopic (exact) mass is 152 g/mol. The van der Waals surface area contributed by atoms with E-state index in [0.717, 1.165) is 0 Å². The molecule has 0 fully saturated rings. The lowest BCUT2D eigenvalue weighted by atomic mass is 10.5. The Morgan fingerprint density at radius 2 is 1.80 bits per heavy atom. The van der Waals surface area contributed by atoms with E-state index in [1.54, 1.807) is 17.8 Å². The third-order valence-electron chi connectivity index (χ3n) is 0.754. The summed E-state index contributed by atoms with van der Waals surface area (Å²) in [6.45, 7) is 5.55. The van der Waals surface area contributed by atoms with E-state index in [4.69, 9.17) is 0 Å². The van der Waals surface area contributed by atoms with Gasteiger partial charge < -0.3 is 0 Å². The van der Waals surface area contributed by atoms with E-state index >= 15 is 0 Å². The minimum absolute atomic E-state index is 1.63. The van der Waals surface area contributed by atoms with E-state index in [1.807, 2.05) is 42.0 Å². The molecule has 0 unspecified atom stereocenters.